The van der Waals surface area contributed by atoms with Crippen LogP contribution in [-0.2, 0) is 10.0 Å². The molecular weight excluding hydrogens is 352 g/mol. The molecule has 7 heteroatoms. The SMILES string of the molecule is CCN1C(=O)c2ccc(C(=O)NCCC3CC4CCC3C4)cc2S1(=O)=O. The predicted molar refractivity (Wildman–Crippen MR) is 96.2 cm³/mol. The third kappa shape index (κ3) is 2.73. The van der Waals surface area contributed by atoms with Crippen molar-refractivity contribution < 1.29 is 18.0 Å². The summed E-state index contributed by atoms with van der Waals surface area (Å²) in [5.74, 6) is 1.62. The number of carbonyl (C=O) groups excluding carboxylic acids is 2. The molecule has 2 fully saturated rings. The minimum atomic E-state index is -3.84. The summed E-state index contributed by atoms with van der Waals surface area (Å²) in [5, 5.41) is 2.91. The molecular formula is C19H24N2O4S. The third-order valence-electron chi connectivity index (χ3n) is 6.24. The fraction of sp³-hybridized carbons (Fsp3) is 0.579. The Kier molecular flexibility index (Phi) is 4.29. The van der Waals surface area contributed by atoms with Crippen LogP contribution in [-0.4, -0.2) is 37.6 Å². The van der Waals surface area contributed by atoms with E-state index in [1.54, 1.807) is 6.92 Å². The fourth-order valence-electron chi connectivity index (χ4n) is 4.93. The predicted octanol–water partition coefficient (Wildman–Crippen LogP) is 2.41. The summed E-state index contributed by atoms with van der Waals surface area (Å²) >= 11 is 0. The average Bonchev–Trinajstić information content (AvgIpc) is 3.28. The van der Waals surface area contributed by atoms with Crippen molar-refractivity contribution in [3.8, 4) is 0 Å². The molecule has 1 aliphatic heterocycles. The van der Waals surface area contributed by atoms with Crippen molar-refractivity contribution in [1.82, 2.24) is 9.62 Å². The second-order valence-corrected chi connectivity index (χ2v) is 9.50. The van der Waals surface area contributed by atoms with E-state index in [4.69, 9.17) is 0 Å². The first-order chi connectivity index (χ1) is 12.4. The van der Waals surface area contributed by atoms with E-state index in [0.29, 0.717) is 12.5 Å². The summed E-state index contributed by atoms with van der Waals surface area (Å²) in [6, 6.07) is 4.29. The Morgan fingerprint density at radius 3 is 2.73 bits per heavy atom. The normalized spacial score (nSPS) is 28.4. The van der Waals surface area contributed by atoms with E-state index in [9.17, 15) is 18.0 Å². The maximum atomic E-state index is 12.4. The molecule has 26 heavy (non-hydrogen) atoms. The van der Waals surface area contributed by atoms with Crippen molar-refractivity contribution in [3.05, 3.63) is 29.3 Å². The number of hydrogen-bond donors (Lipinski definition) is 1. The first-order valence-corrected chi connectivity index (χ1v) is 10.8. The summed E-state index contributed by atoms with van der Waals surface area (Å²) in [6.07, 6.45) is 6.31. The molecule has 1 heterocycles. The molecule has 6 nitrogen and oxygen atoms in total. The lowest BCUT2D eigenvalue weighted by Crippen LogP contribution is -2.29. The van der Waals surface area contributed by atoms with Crippen LogP contribution in [0.2, 0.25) is 0 Å². The zero-order chi connectivity index (χ0) is 18.5. The highest BCUT2D eigenvalue weighted by atomic mass is 32.2. The van der Waals surface area contributed by atoms with Gasteiger partial charge >= 0.3 is 0 Å². The van der Waals surface area contributed by atoms with Gasteiger partial charge in [0.15, 0.2) is 0 Å². The largest absolute Gasteiger partial charge is 0.352 e. The van der Waals surface area contributed by atoms with Crippen molar-refractivity contribution in [2.75, 3.05) is 13.1 Å². The second kappa shape index (κ2) is 6.37. The molecule has 0 saturated heterocycles. The van der Waals surface area contributed by atoms with Gasteiger partial charge in [-0.2, -0.15) is 0 Å². The first kappa shape index (κ1) is 17.5. The molecule has 1 aromatic carbocycles. The number of carbonyl (C=O) groups is 2. The highest BCUT2D eigenvalue weighted by Crippen LogP contribution is 2.49. The van der Waals surface area contributed by atoms with E-state index in [1.165, 1.54) is 43.9 Å². The molecule has 0 aromatic heterocycles. The molecule has 2 bridgehead atoms. The van der Waals surface area contributed by atoms with E-state index in [-0.39, 0.29) is 28.5 Å². The smallest absolute Gasteiger partial charge is 0.268 e. The lowest BCUT2D eigenvalue weighted by Gasteiger charge is -2.21. The molecule has 1 N–H and O–H groups in total. The highest BCUT2D eigenvalue weighted by molar-refractivity contribution is 7.90. The highest BCUT2D eigenvalue weighted by Gasteiger charge is 2.41. The third-order valence-corrected chi connectivity index (χ3v) is 8.14. The summed E-state index contributed by atoms with van der Waals surface area (Å²) in [4.78, 5) is 24.5. The lowest BCUT2D eigenvalue weighted by molar-refractivity contribution is 0.0874. The lowest BCUT2D eigenvalue weighted by atomic mass is 9.86. The number of sulfonamides is 1. The number of nitrogens with zero attached hydrogens (tertiary/aromatic N) is 1. The van der Waals surface area contributed by atoms with Gasteiger partial charge in [0, 0.05) is 18.7 Å². The molecule has 2 amide bonds. The van der Waals surface area contributed by atoms with Gasteiger partial charge in [0.25, 0.3) is 21.8 Å². The first-order valence-electron chi connectivity index (χ1n) is 9.41. The van der Waals surface area contributed by atoms with Gasteiger partial charge in [-0.1, -0.05) is 6.42 Å². The van der Waals surface area contributed by atoms with Crippen LogP contribution in [0.25, 0.3) is 0 Å². The van der Waals surface area contributed by atoms with Crippen LogP contribution in [0.5, 0.6) is 0 Å². The van der Waals surface area contributed by atoms with E-state index >= 15 is 0 Å². The van der Waals surface area contributed by atoms with Crippen LogP contribution in [0.4, 0.5) is 0 Å². The van der Waals surface area contributed by atoms with E-state index in [2.05, 4.69) is 5.32 Å². The summed E-state index contributed by atoms with van der Waals surface area (Å²) in [5.41, 5.74) is 0.427. The van der Waals surface area contributed by atoms with Crippen molar-refractivity contribution in [2.24, 2.45) is 17.8 Å². The zero-order valence-electron chi connectivity index (χ0n) is 14.9. The van der Waals surface area contributed by atoms with Gasteiger partial charge in [0.2, 0.25) is 0 Å². The van der Waals surface area contributed by atoms with Crippen molar-refractivity contribution in [1.29, 1.82) is 0 Å². The van der Waals surface area contributed by atoms with Gasteiger partial charge in [-0.05, 0) is 68.6 Å². The molecule has 2 aliphatic carbocycles. The van der Waals surface area contributed by atoms with Crippen LogP contribution in [0.1, 0.15) is 59.7 Å². The van der Waals surface area contributed by atoms with E-state index in [0.717, 1.165) is 22.6 Å². The minimum absolute atomic E-state index is 0.0647. The zero-order valence-corrected chi connectivity index (χ0v) is 15.7. The van der Waals surface area contributed by atoms with Gasteiger partial charge in [-0.3, -0.25) is 9.59 Å². The van der Waals surface area contributed by atoms with Crippen LogP contribution >= 0.6 is 0 Å². The summed E-state index contributed by atoms with van der Waals surface area (Å²) in [7, 11) is -3.84. The van der Waals surface area contributed by atoms with E-state index in [1.807, 2.05) is 0 Å². The fourth-order valence-corrected chi connectivity index (χ4v) is 6.54. The number of nitrogens with one attached hydrogen (secondary N) is 1. The number of fused-ring (bicyclic) bond motifs is 3. The van der Waals surface area contributed by atoms with Gasteiger partial charge < -0.3 is 5.32 Å². The maximum absolute atomic E-state index is 12.4. The Morgan fingerprint density at radius 1 is 1.27 bits per heavy atom. The number of hydrogen-bond acceptors (Lipinski definition) is 4. The molecule has 140 valence electrons. The van der Waals surface area contributed by atoms with Gasteiger partial charge in [-0.15, -0.1) is 0 Å². The maximum Gasteiger partial charge on any atom is 0.268 e. The minimum Gasteiger partial charge on any atom is -0.352 e. The summed E-state index contributed by atoms with van der Waals surface area (Å²) < 4.78 is 25.7. The standard InChI is InChI=1S/C19H24N2O4S/c1-2-21-19(23)16-6-5-15(11-17(16)26(21,24)25)18(22)20-8-7-14-10-12-3-4-13(14)9-12/h5-6,11-14H,2-4,7-10H2,1H3,(H,20,22). The van der Waals surface area contributed by atoms with Crippen molar-refractivity contribution >= 4 is 21.8 Å². The topological polar surface area (TPSA) is 83.6 Å². The molecule has 3 unspecified atom stereocenters. The Labute approximate surface area is 154 Å². The molecule has 0 radical (unpaired) electrons. The Balaban J connectivity index is 1.42. The molecule has 1 aromatic rings. The Morgan fingerprint density at radius 2 is 2.08 bits per heavy atom. The molecule has 2 saturated carbocycles. The van der Waals surface area contributed by atoms with Gasteiger partial charge in [0.1, 0.15) is 4.90 Å². The average molecular weight is 376 g/mol. The van der Waals surface area contributed by atoms with E-state index < -0.39 is 15.9 Å². The van der Waals surface area contributed by atoms with Crippen LogP contribution in [0.3, 0.4) is 0 Å². The van der Waals surface area contributed by atoms with Crippen molar-refractivity contribution in [3.63, 3.8) is 0 Å². The second-order valence-electron chi connectivity index (χ2n) is 7.67. The number of benzene rings is 1. The Hall–Kier alpha value is -1.89. The summed E-state index contributed by atoms with van der Waals surface area (Å²) in [6.45, 7) is 2.31. The number of rotatable bonds is 5. The monoisotopic (exact) mass is 376 g/mol. The number of amides is 2. The van der Waals surface area contributed by atoms with Crippen molar-refractivity contribution in [2.45, 2.75) is 43.9 Å². The van der Waals surface area contributed by atoms with Crippen LogP contribution in [0, 0.1) is 17.8 Å². The van der Waals surface area contributed by atoms with Gasteiger partial charge in [-0.25, -0.2) is 12.7 Å². The van der Waals surface area contributed by atoms with Gasteiger partial charge in [0.05, 0.1) is 5.56 Å². The quantitative estimate of drug-likeness (QED) is 0.855. The molecule has 4 rings (SSSR count). The molecule has 3 aliphatic rings. The van der Waals surface area contributed by atoms with Crippen LogP contribution < -0.4 is 5.32 Å². The molecule has 3 atom stereocenters. The molecule has 0 spiro atoms. The van der Waals surface area contributed by atoms with Crippen LogP contribution in [0.15, 0.2) is 23.1 Å². The Bertz CT molecular complexity index is 864.